The lowest BCUT2D eigenvalue weighted by Gasteiger charge is -2.35. The monoisotopic (exact) mass is 357 g/mol. The second-order valence-electron chi connectivity index (χ2n) is 7.23. The number of hydrogen-bond acceptors (Lipinski definition) is 4. The van der Waals surface area contributed by atoms with Crippen molar-refractivity contribution in [3.8, 4) is 0 Å². The van der Waals surface area contributed by atoms with E-state index in [0.717, 1.165) is 38.1 Å². The molecule has 26 heavy (non-hydrogen) atoms. The Morgan fingerprint density at radius 1 is 1.27 bits per heavy atom. The molecule has 0 bridgehead atoms. The first-order valence-electron chi connectivity index (χ1n) is 9.26. The van der Waals surface area contributed by atoms with E-state index in [1.54, 1.807) is 0 Å². The summed E-state index contributed by atoms with van der Waals surface area (Å²) in [5, 5.41) is 3.81. The minimum absolute atomic E-state index is 0.200. The third kappa shape index (κ3) is 4.51. The molecule has 1 aliphatic rings. The van der Waals surface area contributed by atoms with Crippen LogP contribution in [0, 0.1) is 5.92 Å². The van der Waals surface area contributed by atoms with Gasteiger partial charge in [-0.25, -0.2) is 0 Å². The van der Waals surface area contributed by atoms with E-state index < -0.39 is 0 Å². The molecule has 1 amide bonds. The Labute approximate surface area is 153 Å². The van der Waals surface area contributed by atoms with Gasteiger partial charge in [-0.2, -0.15) is 0 Å². The Morgan fingerprint density at radius 2 is 2.00 bits per heavy atom. The van der Waals surface area contributed by atoms with E-state index in [0.29, 0.717) is 23.5 Å². The summed E-state index contributed by atoms with van der Waals surface area (Å²) >= 11 is 0. The van der Waals surface area contributed by atoms with Gasteiger partial charge < -0.3 is 15.0 Å². The van der Waals surface area contributed by atoms with Crippen molar-refractivity contribution in [3.05, 3.63) is 46.2 Å². The molecule has 1 fully saturated rings. The Balaban J connectivity index is 1.75. The Morgan fingerprint density at radius 3 is 2.73 bits per heavy atom. The van der Waals surface area contributed by atoms with Crippen LogP contribution in [-0.4, -0.2) is 54.7 Å². The van der Waals surface area contributed by atoms with Gasteiger partial charge in [-0.05, 0) is 18.4 Å². The van der Waals surface area contributed by atoms with Gasteiger partial charge >= 0.3 is 0 Å². The fraction of sp³-hybridized carbons (Fsp3) is 0.500. The van der Waals surface area contributed by atoms with Crippen molar-refractivity contribution in [2.75, 3.05) is 32.8 Å². The van der Waals surface area contributed by atoms with Crippen molar-refractivity contribution in [1.82, 2.24) is 15.2 Å². The first kappa shape index (κ1) is 18.6. The number of aromatic nitrogens is 1. The van der Waals surface area contributed by atoms with Gasteiger partial charge in [0.15, 0.2) is 0 Å². The number of carbonyl (C=O) groups is 1. The molecule has 1 saturated heterocycles. The van der Waals surface area contributed by atoms with Crippen LogP contribution in [0.5, 0.6) is 0 Å². The molecule has 6 nitrogen and oxygen atoms in total. The molecule has 140 valence electrons. The van der Waals surface area contributed by atoms with Gasteiger partial charge in [0.05, 0.1) is 18.8 Å². The van der Waals surface area contributed by atoms with E-state index in [1.165, 1.54) is 6.07 Å². The summed E-state index contributed by atoms with van der Waals surface area (Å²) in [7, 11) is 0. The number of para-hydroxylation sites is 1. The van der Waals surface area contributed by atoms with E-state index in [4.69, 9.17) is 4.74 Å². The zero-order valence-corrected chi connectivity index (χ0v) is 15.5. The summed E-state index contributed by atoms with van der Waals surface area (Å²) in [5.41, 5.74) is 0.840. The number of nitrogens with one attached hydrogen (secondary N) is 2. The third-order valence-electron chi connectivity index (χ3n) is 4.80. The predicted octanol–water partition coefficient (Wildman–Crippen LogP) is 2.00. The number of hydrogen-bond donors (Lipinski definition) is 2. The fourth-order valence-corrected chi connectivity index (χ4v) is 3.55. The molecule has 0 radical (unpaired) electrons. The summed E-state index contributed by atoms with van der Waals surface area (Å²) in [5.74, 6) is 0.342. The average molecular weight is 357 g/mol. The smallest absolute Gasteiger partial charge is 0.252 e. The minimum Gasteiger partial charge on any atom is -0.379 e. The molecule has 2 heterocycles. The zero-order chi connectivity index (χ0) is 18.5. The van der Waals surface area contributed by atoms with Crippen LogP contribution in [-0.2, 0) is 4.74 Å². The quantitative estimate of drug-likeness (QED) is 0.829. The van der Waals surface area contributed by atoms with Crippen LogP contribution < -0.4 is 10.9 Å². The summed E-state index contributed by atoms with van der Waals surface area (Å²) in [4.78, 5) is 29.8. The first-order chi connectivity index (χ1) is 12.5. The molecule has 1 atom stereocenters. The average Bonchev–Trinajstić information content (AvgIpc) is 2.64. The molecule has 0 aliphatic carbocycles. The van der Waals surface area contributed by atoms with E-state index in [-0.39, 0.29) is 17.5 Å². The molecule has 1 aliphatic heterocycles. The molecular formula is C20H27N3O3. The predicted molar refractivity (Wildman–Crippen MR) is 103 cm³/mol. The molecule has 6 heteroatoms. The highest BCUT2D eigenvalue weighted by Gasteiger charge is 2.23. The summed E-state index contributed by atoms with van der Waals surface area (Å²) in [6, 6.07) is 9.03. The van der Waals surface area contributed by atoms with Crippen LogP contribution in [0.3, 0.4) is 0 Å². The number of H-pyrrole nitrogens is 1. The van der Waals surface area contributed by atoms with Crippen molar-refractivity contribution < 1.29 is 9.53 Å². The number of aromatic amines is 1. The number of amides is 1. The number of pyridine rings is 1. The van der Waals surface area contributed by atoms with Crippen molar-refractivity contribution in [3.63, 3.8) is 0 Å². The molecule has 1 aromatic carbocycles. The number of fused-ring (bicyclic) bond motifs is 1. The normalized spacial score (nSPS) is 16.7. The first-order valence-corrected chi connectivity index (χ1v) is 9.26. The second-order valence-corrected chi connectivity index (χ2v) is 7.23. The highest BCUT2D eigenvalue weighted by molar-refractivity contribution is 6.05. The molecule has 1 unspecified atom stereocenters. The van der Waals surface area contributed by atoms with Crippen molar-refractivity contribution in [1.29, 1.82) is 0 Å². The van der Waals surface area contributed by atoms with Gasteiger partial charge in [-0.15, -0.1) is 0 Å². The van der Waals surface area contributed by atoms with Crippen LogP contribution in [0.25, 0.3) is 10.9 Å². The minimum atomic E-state index is -0.263. The molecule has 0 saturated carbocycles. The van der Waals surface area contributed by atoms with Crippen LogP contribution in [0.15, 0.2) is 35.1 Å². The van der Waals surface area contributed by atoms with Crippen molar-refractivity contribution in [2.45, 2.75) is 26.3 Å². The van der Waals surface area contributed by atoms with Crippen molar-refractivity contribution in [2.24, 2.45) is 5.92 Å². The molecule has 2 aromatic rings. The fourth-order valence-electron chi connectivity index (χ4n) is 3.55. The Kier molecular flexibility index (Phi) is 6.06. The van der Waals surface area contributed by atoms with Crippen molar-refractivity contribution >= 4 is 16.8 Å². The summed E-state index contributed by atoms with van der Waals surface area (Å²) < 4.78 is 5.44. The molecule has 0 spiro atoms. The number of carbonyl (C=O) groups excluding carboxylic acids is 1. The second kappa shape index (κ2) is 8.47. The number of benzene rings is 1. The number of ether oxygens (including phenoxy) is 1. The Hall–Kier alpha value is -2.18. The van der Waals surface area contributed by atoms with Crippen LogP contribution in [0.2, 0.25) is 0 Å². The Bertz CT molecular complexity index is 809. The van der Waals surface area contributed by atoms with Gasteiger partial charge in [0.25, 0.3) is 5.91 Å². The lowest BCUT2D eigenvalue weighted by Crippen LogP contribution is -2.49. The summed E-state index contributed by atoms with van der Waals surface area (Å²) in [6.45, 7) is 8.21. The van der Waals surface area contributed by atoms with E-state index >= 15 is 0 Å². The number of nitrogens with zero attached hydrogens (tertiary/aromatic N) is 1. The highest BCUT2D eigenvalue weighted by Crippen LogP contribution is 2.16. The molecule has 2 N–H and O–H groups in total. The van der Waals surface area contributed by atoms with Gasteiger partial charge in [0, 0.05) is 42.6 Å². The number of rotatable bonds is 6. The maximum Gasteiger partial charge on any atom is 0.252 e. The highest BCUT2D eigenvalue weighted by atomic mass is 16.5. The standard InChI is InChI=1S/C20H27N3O3/c1-14(2)11-15(23-7-9-26-10-8-23)13-21-20(25)17-12-19(24)22-18-6-4-3-5-16(17)18/h3-6,12,14-15H,7-11,13H2,1-2H3,(H,21,25)(H,22,24). The van der Waals surface area contributed by atoms with Gasteiger partial charge in [0.2, 0.25) is 5.56 Å². The SMILES string of the molecule is CC(C)CC(CNC(=O)c1cc(=O)[nH]c2ccccc12)N1CCOCC1. The molecule has 3 rings (SSSR count). The maximum atomic E-state index is 12.8. The lowest BCUT2D eigenvalue weighted by atomic mass is 10.0. The van der Waals surface area contributed by atoms with Crippen LogP contribution >= 0.6 is 0 Å². The number of morpholine rings is 1. The summed E-state index contributed by atoms with van der Waals surface area (Å²) in [6.07, 6.45) is 1.01. The van der Waals surface area contributed by atoms with Gasteiger partial charge in [0.1, 0.15) is 0 Å². The van der Waals surface area contributed by atoms with E-state index in [9.17, 15) is 9.59 Å². The topological polar surface area (TPSA) is 74.4 Å². The van der Waals surface area contributed by atoms with Gasteiger partial charge in [-0.3, -0.25) is 14.5 Å². The van der Waals surface area contributed by atoms with E-state index in [2.05, 4.69) is 29.0 Å². The maximum absolute atomic E-state index is 12.8. The van der Waals surface area contributed by atoms with Crippen LogP contribution in [0.1, 0.15) is 30.6 Å². The molecular weight excluding hydrogens is 330 g/mol. The molecule has 1 aromatic heterocycles. The lowest BCUT2D eigenvalue weighted by molar-refractivity contribution is 0.0124. The largest absolute Gasteiger partial charge is 0.379 e. The van der Waals surface area contributed by atoms with Crippen LogP contribution in [0.4, 0.5) is 0 Å². The third-order valence-corrected chi connectivity index (χ3v) is 4.80. The zero-order valence-electron chi connectivity index (χ0n) is 15.5. The van der Waals surface area contributed by atoms with Gasteiger partial charge in [-0.1, -0.05) is 32.0 Å². The van der Waals surface area contributed by atoms with E-state index in [1.807, 2.05) is 24.3 Å².